The van der Waals surface area contributed by atoms with Gasteiger partial charge < -0.3 is 15.0 Å². The third-order valence-electron chi connectivity index (χ3n) is 6.31. The summed E-state index contributed by atoms with van der Waals surface area (Å²) in [5.41, 5.74) is 1.68. The van der Waals surface area contributed by atoms with Crippen molar-refractivity contribution in [2.75, 3.05) is 36.4 Å². The molecule has 0 bridgehead atoms. The summed E-state index contributed by atoms with van der Waals surface area (Å²) in [5.74, 6) is 0.574. The van der Waals surface area contributed by atoms with Crippen molar-refractivity contribution in [2.24, 2.45) is 0 Å². The van der Waals surface area contributed by atoms with E-state index < -0.39 is 15.9 Å². The molecule has 3 heterocycles. The maximum absolute atomic E-state index is 13.3. The first-order chi connectivity index (χ1) is 16.8. The van der Waals surface area contributed by atoms with E-state index in [4.69, 9.17) is 9.72 Å². The minimum Gasteiger partial charge on any atom is -0.373 e. The van der Waals surface area contributed by atoms with E-state index in [0.29, 0.717) is 17.2 Å². The Morgan fingerprint density at radius 2 is 1.63 bits per heavy atom. The molecule has 2 aromatic carbocycles. The van der Waals surface area contributed by atoms with E-state index in [0.717, 1.165) is 31.4 Å². The first-order valence-electron chi connectivity index (χ1n) is 11.9. The summed E-state index contributed by atoms with van der Waals surface area (Å²) in [6.07, 6.45) is 1.72. The van der Waals surface area contributed by atoms with E-state index in [2.05, 4.69) is 15.2 Å². The summed E-state index contributed by atoms with van der Waals surface area (Å²) in [5, 5.41) is 2.89. The van der Waals surface area contributed by atoms with Crippen LogP contribution in [0.1, 0.15) is 37.0 Å². The highest BCUT2D eigenvalue weighted by Crippen LogP contribution is 2.29. The zero-order chi connectivity index (χ0) is 24.6. The Morgan fingerprint density at radius 3 is 2.31 bits per heavy atom. The fraction of sp³-hybridized carbons (Fsp3) is 0.400. The van der Waals surface area contributed by atoms with Gasteiger partial charge in [-0.15, -0.1) is 0 Å². The zero-order valence-corrected chi connectivity index (χ0v) is 20.7. The third-order valence-corrected chi connectivity index (χ3v) is 8.14. The van der Waals surface area contributed by atoms with Crippen molar-refractivity contribution in [1.82, 2.24) is 14.3 Å². The summed E-state index contributed by atoms with van der Waals surface area (Å²) in [7, 11) is -3.77. The number of nitrogens with zero attached hydrogens (tertiary/aromatic N) is 4. The lowest BCUT2D eigenvalue weighted by Crippen LogP contribution is -2.48. The molecule has 1 aromatic heterocycles. The molecule has 1 amide bonds. The van der Waals surface area contributed by atoms with Gasteiger partial charge in [0.05, 0.1) is 28.1 Å². The fourth-order valence-corrected chi connectivity index (χ4v) is 6.31. The number of nitrogens with one attached hydrogen (secondary N) is 1. The number of aromatic nitrogens is 2. The minimum absolute atomic E-state index is 0.0795. The van der Waals surface area contributed by atoms with Crippen LogP contribution < -0.4 is 10.2 Å². The molecule has 0 radical (unpaired) electrons. The zero-order valence-electron chi connectivity index (χ0n) is 19.8. The van der Waals surface area contributed by atoms with E-state index in [-0.39, 0.29) is 35.8 Å². The summed E-state index contributed by atoms with van der Waals surface area (Å²) < 4.78 is 33.7. The SMILES string of the molecule is CC1CN(S(=O)(=O)c2cccc(C(=O)Nc3nc4ccccc4nc3N3CCCC3)c2)CC(C)O1. The van der Waals surface area contributed by atoms with Gasteiger partial charge in [-0.05, 0) is 57.0 Å². The lowest BCUT2D eigenvalue weighted by molar-refractivity contribution is -0.0440. The summed E-state index contributed by atoms with van der Waals surface area (Å²) in [6.45, 7) is 5.94. The quantitative estimate of drug-likeness (QED) is 0.579. The van der Waals surface area contributed by atoms with Gasteiger partial charge >= 0.3 is 0 Å². The first-order valence-corrected chi connectivity index (χ1v) is 13.3. The molecule has 2 saturated heterocycles. The molecule has 2 aliphatic heterocycles. The molecule has 9 nitrogen and oxygen atoms in total. The molecule has 2 unspecified atom stereocenters. The van der Waals surface area contributed by atoms with E-state index in [9.17, 15) is 13.2 Å². The van der Waals surface area contributed by atoms with Gasteiger partial charge in [0, 0.05) is 31.7 Å². The van der Waals surface area contributed by atoms with E-state index >= 15 is 0 Å². The van der Waals surface area contributed by atoms with Crippen molar-refractivity contribution in [3.8, 4) is 0 Å². The van der Waals surface area contributed by atoms with E-state index in [1.54, 1.807) is 12.1 Å². The number of anilines is 2. The van der Waals surface area contributed by atoms with Gasteiger partial charge in [-0.25, -0.2) is 18.4 Å². The molecule has 2 aliphatic rings. The number of carbonyl (C=O) groups is 1. The van der Waals surface area contributed by atoms with Crippen LogP contribution in [-0.2, 0) is 14.8 Å². The highest BCUT2D eigenvalue weighted by Gasteiger charge is 2.32. The van der Waals surface area contributed by atoms with Crippen molar-refractivity contribution in [2.45, 2.75) is 43.8 Å². The number of benzene rings is 2. The van der Waals surface area contributed by atoms with Crippen LogP contribution >= 0.6 is 0 Å². The maximum atomic E-state index is 13.3. The summed E-state index contributed by atoms with van der Waals surface area (Å²) in [6, 6.07) is 13.6. The highest BCUT2D eigenvalue weighted by molar-refractivity contribution is 7.89. The lowest BCUT2D eigenvalue weighted by Gasteiger charge is -2.34. The van der Waals surface area contributed by atoms with Crippen LogP contribution in [0.3, 0.4) is 0 Å². The van der Waals surface area contributed by atoms with E-state index in [1.165, 1.54) is 16.4 Å². The number of hydrogen-bond acceptors (Lipinski definition) is 7. The van der Waals surface area contributed by atoms with Crippen molar-refractivity contribution >= 4 is 38.6 Å². The second-order valence-electron chi connectivity index (χ2n) is 9.14. The predicted octanol–water partition coefficient (Wildman–Crippen LogP) is 3.28. The van der Waals surface area contributed by atoms with Gasteiger partial charge in [-0.1, -0.05) is 18.2 Å². The topological polar surface area (TPSA) is 105 Å². The van der Waals surface area contributed by atoms with Gasteiger partial charge in [-0.3, -0.25) is 4.79 Å². The number of para-hydroxylation sites is 2. The predicted molar refractivity (Wildman–Crippen MR) is 134 cm³/mol. The van der Waals surface area contributed by atoms with E-state index in [1.807, 2.05) is 38.1 Å². The summed E-state index contributed by atoms with van der Waals surface area (Å²) in [4.78, 5) is 24.9. The van der Waals surface area contributed by atoms with Crippen LogP contribution in [0.15, 0.2) is 53.4 Å². The number of morpholine rings is 1. The number of amides is 1. The molecule has 184 valence electrons. The monoisotopic (exact) mass is 495 g/mol. The number of hydrogen-bond donors (Lipinski definition) is 1. The first kappa shape index (κ1) is 23.7. The van der Waals surface area contributed by atoms with Crippen LogP contribution in [0.5, 0.6) is 0 Å². The lowest BCUT2D eigenvalue weighted by atomic mass is 10.2. The Hall–Kier alpha value is -3.08. The highest BCUT2D eigenvalue weighted by atomic mass is 32.2. The van der Waals surface area contributed by atoms with Gasteiger partial charge in [0.25, 0.3) is 5.91 Å². The van der Waals surface area contributed by atoms with Crippen molar-refractivity contribution in [3.63, 3.8) is 0 Å². The maximum Gasteiger partial charge on any atom is 0.256 e. The molecule has 35 heavy (non-hydrogen) atoms. The Balaban J connectivity index is 1.44. The Bertz CT molecular complexity index is 1350. The number of carbonyl (C=O) groups excluding carboxylic acids is 1. The van der Waals surface area contributed by atoms with Crippen molar-refractivity contribution < 1.29 is 17.9 Å². The molecule has 2 atom stereocenters. The molecular weight excluding hydrogens is 466 g/mol. The second kappa shape index (κ2) is 9.52. The minimum atomic E-state index is -3.77. The van der Waals surface area contributed by atoms with Crippen LogP contribution in [0.25, 0.3) is 11.0 Å². The van der Waals surface area contributed by atoms with Gasteiger partial charge in [0.1, 0.15) is 0 Å². The Labute approximate surface area is 205 Å². The Morgan fingerprint density at radius 1 is 0.971 bits per heavy atom. The molecule has 5 rings (SSSR count). The number of fused-ring (bicyclic) bond motifs is 1. The van der Waals surface area contributed by atoms with Crippen molar-refractivity contribution in [1.29, 1.82) is 0 Å². The van der Waals surface area contributed by atoms with Crippen LogP contribution in [0.2, 0.25) is 0 Å². The average Bonchev–Trinajstić information content (AvgIpc) is 3.38. The average molecular weight is 496 g/mol. The molecular formula is C25H29N5O4S. The summed E-state index contributed by atoms with van der Waals surface area (Å²) >= 11 is 0. The number of ether oxygens (including phenoxy) is 1. The molecule has 1 N–H and O–H groups in total. The number of sulfonamides is 1. The van der Waals surface area contributed by atoms with Gasteiger partial charge in [-0.2, -0.15) is 4.31 Å². The Kier molecular flexibility index (Phi) is 6.43. The van der Waals surface area contributed by atoms with Crippen LogP contribution in [0, 0.1) is 0 Å². The fourth-order valence-electron chi connectivity index (χ4n) is 4.68. The molecule has 0 saturated carbocycles. The molecule has 0 aliphatic carbocycles. The third kappa shape index (κ3) is 4.86. The molecule has 10 heteroatoms. The largest absolute Gasteiger partial charge is 0.373 e. The number of rotatable bonds is 5. The van der Waals surface area contributed by atoms with Gasteiger partial charge in [0.15, 0.2) is 11.6 Å². The van der Waals surface area contributed by atoms with Gasteiger partial charge in [0.2, 0.25) is 10.0 Å². The molecule has 3 aromatic rings. The molecule has 2 fully saturated rings. The van der Waals surface area contributed by atoms with Crippen LogP contribution in [0.4, 0.5) is 11.6 Å². The van der Waals surface area contributed by atoms with Crippen LogP contribution in [-0.4, -0.2) is 67.0 Å². The second-order valence-corrected chi connectivity index (χ2v) is 11.1. The normalized spacial score (nSPS) is 21.4. The molecule has 0 spiro atoms. The standard InChI is InChI=1S/C25H29N5O4S/c1-17-15-30(16-18(2)34-17)35(32,33)20-9-7-8-19(14-20)25(31)28-23-24(29-12-5-6-13-29)27-22-11-4-3-10-21(22)26-23/h3-4,7-11,14,17-18H,5-6,12-13,15-16H2,1-2H3,(H,26,28,31). The smallest absolute Gasteiger partial charge is 0.256 e. The van der Waals surface area contributed by atoms with Crippen molar-refractivity contribution in [3.05, 3.63) is 54.1 Å².